The Labute approximate surface area is 108 Å². The van der Waals surface area contributed by atoms with E-state index in [2.05, 4.69) is 23.8 Å². The first kappa shape index (κ1) is 12.9. The normalized spacial score (nSPS) is 24.3. The molecule has 1 aromatic rings. The van der Waals surface area contributed by atoms with Gasteiger partial charge in [-0.2, -0.15) is 5.10 Å². The molecule has 5 heteroatoms. The summed E-state index contributed by atoms with van der Waals surface area (Å²) in [4.78, 5) is 2.32. The van der Waals surface area contributed by atoms with E-state index in [1.165, 1.54) is 6.42 Å². The summed E-state index contributed by atoms with van der Waals surface area (Å²) in [7, 11) is 1.93. The van der Waals surface area contributed by atoms with E-state index in [9.17, 15) is 0 Å². The summed E-state index contributed by atoms with van der Waals surface area (Å²) in [5, 5.41) is 12.1. The lowest BCUT2D eigenvalue weighted by Crippen LogP contribution is -2.40. The highest BCUT2D eigenvalue weighted by atomic mass is 15.4. The minimum Gasteiger partial charge on any atom is -0.384 e. The van der Waals surface area contributed by atoms with Crippen LogP contribution in [-0.2, 0) is 7.05 Å². The first-order valence-corrected chi connectivity index (χ1v) is 6.54. The van der Waals surface area contributed by atoms with Crippen molar-refractivity contribution < 1.29 is 0 Å². The molecule has 0 aromatic carbocycles. The highest BCUT2D eigenvalue weighted by molar-refractivity contribution is 6.00. The highest BCUT2D eigenvalue weighted by Crippen LogP contribution is 2.30. The van der Waals surface area contributed by atoms with E-state index in [4.69, 9.17) is 11.1 Å². The van der Waals surface area contributed by atoms with Gasteiger partial charge in [-0.3, -0.25) is 10.1 Å². The number of nitrogen functional groups attached to an aromatic ring is 1. The molecule has 18 heavy (non-hydrogen) atoms. The van der Waals surface area contributed by atoms with Crippen molar-refractivity contribution in [3.8, 4) is 0 Å². The van der Waals surface area contributed by atoms with Crippen molar-refractivity contribution in [2.24, 2.45) is 24.6 Å². The van der Waals surface area contributed by atoms with Crippen LogP contribution in [-0.4, -0.2) is 28.7 Å². The number of hydrogen-bond acceptors (Lipinski definition) is 3. The molecule has 1 aliphatic heterocycles. The van der Waals surface area contributed by atoms with E-state index in [0.29, 0.717) is 5.92 Å². The zero-order valence-corrected chi connectivity index (χ0v) is 11.7. The third-order valence-electron chi connectivity index (χ3n) is 4.09. The molecule has 1 fully saturated rings. The minimum atomic E-state index is 0.113. The van der Waals surface area contributed by atoms with Crippen LogP contribution in [0.4, 0.5) is 5.82 Å². The van der Waals surface area contributed by atoms with Gasteiger partial charge < -0.3 is 10.6 Å². The second kappa shape index (κ2) is 4.63. The van der Waals surface area contributed by atoms with Gasteiger partial charge in [0.15, 0.2) is 0 Å². The van der Waals surface area contributed by atoms with E-state index in [0.717, 1.165) is 36.1 Å². The van der Waals surface area contributed by atoms with Gasteiger partial charge in [0.25, 0.3) is 0 Å². The predicted octanol–water partition coefficient (Wildman–Crippen LogP) is 1.49. The summed E-state index contributed by atoms with van der Waals surface area (Å²) in [5.74, 6) is 2.53. The molecule has 100 valence electrons. The second-order valence-electron chi connectivity index (χ2n) is 5.51. The van der Waals surface area contributed by atoms with Gasteiger partial charge in [-0.05, 0) is 25.2 Å². The lowest BCUT2D eigenvalue weighted by atomic mass is 9.88. The molecule has 1 saturated heterocycles. The first-order chi connectivity index (χ1) is 8.41. The summed E-state index contributed by atoms with van der Waals surface area (Å²) in [5.41, 5.74) is 7.33. The Kier molecular flexibility index (Phi) is 3.32. The number of rotatable bonds is 2. The molecule has 0 spiro atoms. The van der Waals surface area contributed by atoms with E-state index in [1.807, 2.05) is 18.7 Å². The van der Waals surface area contributed by atoms with E-state index in [1.54, 1.807) is 0 Å². The number of nitrogens with two attached hydrogens (primary N) is 1. The van der Waals surface area contributed by atoms with Crippen LogP contribution in [0.1, 0.15) is 31.5 Å². The van der Waals surface area contributed by atoms with Crippen molar-refractivity contribution in [1.82, 2.24) is 9.78 Å². The molecule has 0 radical (unpaired) electrons. The van der Waals surface area contributed by atoms with Crippen LogP contribution in [0.5, 0.6) is 0 Å². The monoisotopic (exact) mass is 249 g/mol. The molecule has 0 saturated carbocycles. The number of anilines is 1. The van der Waals surface area contributed by atoms with Crippen molar-refractivity contribution in [3.63, 3.8) is 0 Å². The molecule has 0 bridgehead atoms. The number of piperidine rings is 1. The smallest absolute Gasteiger partial charge is 0.137 e. The van der Waals surface area contributed by atoms with Gasteiger partial charge in [-0.25, -0.2) is 0 Å². The fraction of sp³-hybridized carbons (Fsp3) is 0.692. The first-order valence-electron chi connectivity index (χ1n) is 6.54. The van der Waals surface area contributed by atoms with Gasteiger partial charge in [-0.1, -0.05) is 13.8 Å². The minimum absolute atomic E-state index is 0.113. The van der Waals surface area contributed by atoms with Crippen molar-refractivity contribution in [2.75, 3.05) is 18.0 Å². The fourth-order valence-corrected chi connectivity index (χ4v) is 2.78. The third-order valence-corrected chi connectivity index (χ3v) is 4.09. The van der Waals surface area contributed by atoms with Crippen LogP contribution >= 0.6 is 0 Å². The Bertz CT molecular complexity index is 462. The van der Waals surface area contributed by atoms with Crippen molar-refractivity contribution in [3.05, 3.63) is 11.3 Å². The van der Waals surface area contributed by atoms with Crippen LogP contribution in [0.3, 0.4) is 0 Å². The largest absolute Gasteiger partial charge is 0.384 e. The number of nitrogens with zero attached hydrogens (tertiary/aromatic N) is 3. The fourth-order valence-electron chi connectivity index (χ4n) is 2.78. The highest BCUT2D eigenvalue weighted by Gasteiger charge is 2.28. The third kappa shape index (κ3) is 2.09. The average molecular weight is 249 g/mol. The van der Waals surface area contributed by atoms with Crippen LogP contribution in [0.2, 0.25) is 0 Å². The summed E-state index contributed by atoms with van der Waals surface area (Å²) in [6, 6.07) is 0. The van der Waals surface area contributed by atoms with Crippen LogP contribution < -0.4 is 10.6 Å². The van der Waals surface area contributed by atoms with E-state index in [-0.39, 0.29) is 5.84 Å². The lowest BCUT2D eigenvalue weighted by Gasteiger charge is -2.37. The maximum atomic E-state index is 7.74. The summed E-state index contributed by atoms with van der Waals surface area (Å²) in [6.45, 7) is 8.54. The molecule has 2 rings (SSSR count). The van der Waals surface area contributed by atoms with Gasteiger partial charge >= 0.3 is 0 Å². The Morgan fingerprint density at radius 2 is 2.06 bits per heavy atom. The molecule has 1 aliphatic rings. The number of nitrogens with one attached hydrogen (secondary N) is 1. The summed E-state index contributed by atoms with van der Waals surface area (Å²) in [6.07, 6.45) is 1.18. The lowest BCUT2D eigenvalue weighted by molar-refractivity contribution is 0.321. The van der Waals surface area contributed by atoms with Crippen LogP contribution in [0.25, 0.3) is 0 Å². The van der Waals surface area contributed by atoms with E-state index < -0.39 is 0 Å². The predicted molar refractivity (Wildman–Crippen MR) is 74.1 cm³/mol. The Morgan fingerprint density at radius 1 is 1.39 bits per heavy atom. The molecule has 2 atom stereocenters. The van der Waals surface area contributed by atoms with Crippen LogP contribution in [0, 0.1) is 24.2 Å². The van der Waals surface area contributed by atoms with Gasteiger partial charge in [0.1, 0.15) is 11.7 Å². The standard InChI is InChI=1S/C13H23N5/c1-8-5-6-18(7-9(8)2)13-11(12(14)15)10(3)16-17(13)4/h8-9H,5-7H2,1-4H3,(H3,14,15). The SMILES string of the molecule is Cc1nn(C)c(N2CCC(C)C(C)C2)c1C(=N)N. The zero-order valence-electron chi connectivity index (χ0n) is 11.7. The molecule has 5 nitrogen and oxygen atoms in total. The van der Waals surface area contributed by atoms with Gasteiger partial charge in [0, 0.05) is 20.1 Å². The van der Waals surface area contributed by atoms with E-state index >= 15 is 0 Å². The molecular weight excluding hydrogens is 226 g/mol. The molecule has 2 unspecified atom stereocenters. The number of hydrogen-bond donors (Lipinski definition) is 2. The van der Waals surface area contributed by atoms with Gasteiger partial charge in [-0.15, -0.1) is 0 Å². The Morgan fingerprint density at radius 3 is 2.61 bits per heavy atom. The van der Waals surface area contributed by atoms with Crippen molar-refractivity contribution in [2.45, 2.75) is 27.2 Å². The summed E-state index contributed by atoms with van der Waals surface area (Å²) < 4.78 is 1.86. The molecule has 3 N–H and O–H groups in total. The maximum absolute atomic E-state index is 7.74. The van der Waals surface area contributed by atoms with Crippen molar-refractivity contribution in [1.29, 1.82) is 5.41 Å². The molecule has 2 heterocycles. The van der Waals surface area contributed by atoms with Crippen LogP contribution in [0.15, 0.2) is 0 Å². The quantitative estimate of drug-likeness (QED) is 0.616. The Balaban J connectivity index is 2.36. The zero-order chi connectivity index (χ0) is 13.4. The molecular formula is C13H23N5. The second-order valence-corrected chi connectivity index (χ2v) is 5.51. The Hall–Kier alpha value is -1.52. The topological polar surface area (TPSA) is 70.9 Å². The molecule has 0 aliphatic carbocycles. The molecule has 1 aromatic heterocycles. The van der Waals surface area contributed by atoms with Gasteiger partial charge in [0.05, 0.1) is 11.3 Å². The van der Waals surface area contributed by atoms with Gasteiger partial charge in [0.2, 0.25) is 0 Å². The number of amidine groups is 1. The number of aromatic nitrogens is 2. The number of aryl methyl sites for hydroxylation is 2. The maximum Gasteiger partial charge on any atom is 0.137 e. The average Bonchev–Trinajstić information content (AvgIpc) is 2.57. The summed E-state index contributed by atoms with van der Waals surface area (Å²) >= 11 is 0. The van der Waals surface area contributed by atoms with Crippen molar-refractivity contribution >= 4 is 11.7 Å². The molecule has 0 amide bonds.